The number of rotatable bonds is 7. The second-order valence-electron chi connectivity index (χ2n) is 6.90. The SMILES string of the molecule is COCCOc1cccc(-c2cc(NC(=O)c3cn(C)c(=O)cc3C(F)(F)F)ccc2F)n1. The Labute approximate surface area is 185 Å². The molecule has 0 saturated carbocycles. The van der Waals surface area contributed by atoms with Gasteiger partial charge in [0.25, 0.3) is 11.5 Å². The summed E-state index contributed by atoms with van der Waals surface area (Å²) in [6.45, 7) is 0.555. The Kier molecular flexibility index (Phi) is 7.12. The Morgan fingerprint density at radius 3 is 2.61 bits per heavy atom. The van der Waals surface area contributed by atoms with Crippen molar-refractivity contribution in [3.8, 4) is 17.1 Å². The number of aryl methyl sites for hydroxylation is 1. The monoisotopic (exact) mass is 465 g/mol. The summed E-state index contributed by atoms with van der Waals surface area (Å²) in [4.78, 5) is 28.5. The zero-order valence-corrected chi connectivity index (χ0v) is 17.6. The van der Waals surface area contributed by atoms with Crippen molar-refractivity contribution in [3.63, 3.8) is 0 Å². The van der Waals surface area contributed by atoms with Gasteiger partial charge in [0, 0.05) is 43.7 Å². The first kappa shape index (κ1) is 23.9. The molecule has 7 nitrogen and oxygen atoms in total. The molecule has 0 saturated heterocycles. The van der Waals surface area contributed by atoms with E-state index in [1.807, 2.05) is 0 Å². The molecule has 0 aliphatic rings. The van der Waals surface area contributed by atoms with Gasteiger partial charge in [-0.2, -0.15) is 13.2 Å². The molecule has 0 spiro atoms. The van der Waals surface area contributed by atoms with Gasteiger partial charge >= 0.3 is 6.18 Å². The lowest BCUT2D eigenvalue weighted by Crippen LogP contribution is -2.26. The number of ether oxygens (including phenoxy) is 2. The van der Waals surface area contributed by atoms with Crippen molar-refractivity contribution in [2.24, 2.45) is 7.05 Å². The molecule has 11 heteroatoms. The Hall–Kier alpha value is -3.73. The highest BCUT2D eigenvalue weighted by atomic mass is 19.4. The van der Waals surface area contributed by atoms with Gasteiger partial charge in [-0.15, -0.1) is 0 Å². The van der Waals surface area contributed by atoms with Gasteiger partial charge in [0.1, 0.15) is 12.4 Å². The molecule has 0 aliphatic carbocycles. The van der Waals surface area contributed by atoms with Crippen LogP contribution in [0, 0.1) is 5.82 Å². The van der Waals surface area contributed by atoms with Gasteiger partial charge in [0.2, 0.25) is 5.88 Å². The molecule has 1 N–H and O–H groups in total. The number of carbonyl (C=O) groups excluding carboxylic acids is 1. The first-order valence-corrected chi connectivity index (χ1v) is 9.58. The highest BCUT2D eigenvalue weighted by Crippen LogP contribution is 2.32. The molecule has 0 radical (unpaired) electrons. The largest absolute Gasteiger partial charge is 0.475 e. The van der Waals surface area contributed by atoms with Crippen LogP contribution >= 0.6 is 0 Å². The van der Waals surface area contributed by atoms with Gasteiger partial charge < -0.3 is 19.4 Å². The summed E-state index contributed by atoms with van der Waals surface area (Å²) in [6.07, 6.45) is -4.12. The smallest absolute Gasteiger partial charge is 0.417 e. The zero-order valence-electron chi connectivity index (χ0n) is 17.6. The summed E-state index contributed by atoms with van der Waals surface area (Å²) < 4.78 is 65.6. The summed E-state index contributed by atoms with van der Waals surface area (Å²) in [7, 11) is 2.73. The fraction of sp³-hybridized carbons (Fsp3) is 0.227. The Bertz CT molecular complexity index is 1220. The Morgan fingerprint density at radius 2 is 1.91 bits per heavy atom. The minimum absolute atomic E-state index is 0.00139. The van der Waals surface area contributed by atoms with Crippen LogP contribution in [-0.4, -0.2) is 35.8 Å². The maximum atomic E-state index is 14.5. The number of nitrogens with one attached hydrogen (secondary N) is 1. The van der Waals surface area contributed by atoms with Crippen molar-refractivity contribution in [1.82, 2.24) is 9.55 Å². The normalized spacial score (nSPS) is 11.3. The molecule has 3 rings (SSSR count). The van der Waals surface area contributed by atoms with Crippen LogP contribution in [0.15, 0.2) is 53.5 Å². The van der Waals surface area contributed by atoms with Crippen LogP contribution in [-0.2, 0) is 18.0 Å². The van der Waals surface area contributed by atoms with Crippen molar-refractivity contribution < 1.29 is 31.8 Å². The van der Waals surface area contributed by atoms with Crippen LogP contribution in [0.25, 0.3) is 11.3 Å². The topological polar surface area (TPSA) is 82.5 Å². The van der Waals surface area contributed by atoms with Crippen molar-refractivity contribution in [1.29, 1.82) is 0 Å². The van der Waals surface area contributed by atoms with E-state index < -0.39 is 34.6 Å². The molecular formula is C22H19F4N3O4. The minimum Gasteiger partial charge on any atom is -0.475 e. The number of carbonyl (C=O) groups is 1. The number of hydrogen-bond acceptors (Lipinski definition) is 5. The van der Waals surface area contributed by atoms with E-state index in [2.05, 4.69) is 10.3 Å². The van der Waals surface area contributed by atoms with Crippen molar-refractivity contribution in [3.05, 3.63) is 76.0 Å². The number of nitrogens with zero attached hydrogens (tertiary/aromatic N) is 2. The van der Waals surface area contributed by atoms with Crippen LogP contribution in [0.5, 0.6) is 5.88 Å². The van der Waals surface area contributed by atoms with E-state index in [0.29, 0.717) is 12.7 Å². The molecule has 0 fully saturated rings. The van der Waals surface area contributed by atoms with E-state index in [-0.39, 0.29) is 29.4 Å². The number of methoxy groups -OCH3 is 1. The minimum atomic E-state index is -4.92. The second-order valence-corrected chi connectivity index (χ2v) is 6.90. The van der Waals surface area contributed by atoms with Crippen molar-refractivity contribution >= 4 is 11.6 Å². The molecule has 1 amide bonds. The molecule has 33 heavy (non-hydrogen) atoms. The van der Waals surface area contributed by atoms with E-state index in [1.165, 1.54) is 32.4 Å². The first-order valence-electron chi connectivity index (χ1n) is 9.58. The van der Waals surface area contributed by atoms with Crippen molar-refractivity contribution in [2.45, 2.75) is 6.18 Å². The predicted molar refractivity (Wildman–Crippen MR) is 112 cm³/mol. The van der Waals surface area contributed by atoms with Gasteiger partial charge in [0.05, 0.1) is 23.4 Å². The van der Waals surface area contributed by atoms with E-state index in [0.717, 1.165) is 16.8 Å². The number of hydrogen-bond donors (Lipinski definition) is 1. The van der Waals surface area contributed by atoms with E-state index >= 15 is 0 Å². The number of halogens is 4. The predicted octanol–water partition coefficient (Wildman–Crippen LogP) is 3.88. The molecule has 2 heterocycles. The number of alkyl halides is 3. The summed E-state index contributed by atoms with van der Waals surface area (Å²) in [5, 5.41) is 2.31. The van der Waals surface area contributed by atoms with Crippen LogP contribution < -0.4 is 15.6 Å². The number of benzene rings is 1. The maximum Gasteiger partial charge on any atom is 0.417 e. The van der Waals surface area contributed by atoms with Gasteiger partial charge in [-0.05, 0) is 24.3 Å². The molecule has 0 unspecified atom stereocenters. The van der Waals surface area contributed by atoms with Crippen LogP contribution in [0.3, 0.4) is 0 Å². The van der Waals surface area contributed by atoms with E-state index in [9.17, 15) is 27.2 Å². The molecule has 3 aromatic rings. The summed E-state index contributed by atoms with van der Waals surface area (Å²) in [6, 6.07) is 8.52. The van der Waals surface area contributed by atoms with Gasteiger partial charge in [-0.3, -0.25) is 9.59 Å². The standard InChI is InChI=1S/C22H19F4N3O4/c1-29-12-15(16(11-20(29)30)22(24,25)26)21(31)27-13-6-7-17(23)14(10-13)18-4-3-5-19(28-18)33-9-8-32-2/h3-7,10-12H,8-9H2,1-2H3,(H,27,31). The quantitative estimate of drug-likeness (QED) is 0.423. The molecular weight excluding hydrogens is 446 g/mol. The summed E-state index contributed by atoms with van der Waals surface area (Å²) >= 11 is 0. The highest BCUT2D eigenvalue weighted by Gasteiger charge is 2.36. The third-order valence-corrected chi connectivity index (χ3v) is 4.54. The van der Waals surface area contributed by atoms with Crippen LogP contribution in [0.1, 0.15) is 15.9 Å². The molecule has 174 valence electrons. The number of amides is 1. The molecule has 1 aromatic carbocycles. The number of anilines is 1. The summed E-state index contributed by atoms with van der Waals surface area (Å²) in [5.41, 5.74) is -2.80. The van der Waals surface area contributed by atoms with E-state index in [4.69, 9.17) is 9.47 Å². The third-order valence-electron chi connectivity index (χ3n) is 4.54. The van der Waals surface area contributed by atoms with Crippen LogP contribution in [0.4, 0.5) is 23.2 Å². The molecule has 2 aromatic heterocycles. The van der Waals surface area contributed by atoms with E-state index in [1.54, 1.807) is 12.1 Å². The fourth-order valence-electron chi connectivity index (χ4n) is 2.92. The lowest BCUT2D eigenvalue weighted by Gasteiger charge is -2.14. The highest BCUT2D eigenvalue weighted by molar-refractivity contribution is 6.05. The Balaban J connectivity index is 1.91. The van der Waals surface area contributed by atoms with Crippen molar-refractivity contribution in [2.75, 3.05) is 25.6 Å². The Morgan fingerprint density at radius 1 is 1.15 bits per heavy atom. The lowest BCUT2D eigenvalue weighted by atomic mass is 10.1. The zero-order chi connectivity index (χ0) is 24.2. The second kappa shape index (κ2) is 9.82. The molecule has 0 atom stereocenters. The summed E-state index contributed by atoms with van der Waals surface area (Å²) in [5.74, 6) is -1.55. The maximum absolute atomic E-state index is 14.5. The average molecular weight is 465 g/mol. The lowest BCUT2D eigenvalue weighted by molar-refractivity contribution is -0.138. The average Bonchev–Trinajstić information content (AvgIpc) is 2.76. The number of aromatic nitrogens is 2. The third kappa shape index (κ3) is 5.75. The van der Waals surface area contributed by atoms with Gasteiger partial charge in [-0.25, -0.2) is 9.37 Å². The van der Waals surface area contributed by atoms with Crippen LogP contribution in [0.2, 0.25) is 0 Å². The first-order chi connectivity index (χ1) is 15.6. The molecule has 0 aliphatic heterocycles. The van der Waals surface area contributed by atoms with Gasteiger partial charge in [0.15, 0.2) is 0 Å². The number of pyridine rings is 2. The molecule has 0 bridgehead atoms. The van der Waals surface area contributed by atoms with Gasteiger partial charge in [-0.1, -0.05) is 6.07 Å². The fourth-order valence-corrected chi connectivity index (χ4v) is 2.92.